The Balaban J connectivity index is 2.51. The van der Waals surface area contributed by atoms with E-state index in [0.29, 0.717) is 0 Å². The van der Waals surface area contributed by atoms with Crippen LogP contribution in [0.5, 0.6) is 0 Å². The highest BCUT2D eigenvalue weighted by molar-refractivity contribution is 5.40. The van der Waals surface area contributed by atoms with Crippen molar-refractivity contribution >= 4 is 0 Å². The molecule has 0 spiro atoms. The van der Waals surface area contributed by atoms with Gasteiger partial charge in [0.2, 0.25) is 0 Å². The molecule has 2 aromatic carbocycles. The van der Waals surface area contributed by atoms with Crippen LogP contribution in [-0.2, 0) is 0 Å². The zero-order valence-electron chi connectivity index (χ0n) is 13.3. The van der Waals surface area contributed by atoms with Crippen molar-refractivity contribution in [3.63, 3.8) is 0 Å². The Bertz CT molecular complexity index is 647. The Morgan fingerprint density at radius 3 is 2.33 bits per heavy atom. The number of hydrogen-bond donors (Lipinski definition) is 1. The van der Waals surface area contributed by atoms with Crippen LogP contribution in [0.15, 0.2) is 48.5 Å². The largest absolute Gasteiger partial charge is 0.291 e. The van der Waals surface area contributed by atoms with E-state index >= 15 is 0 Å². The molecule has 1 heteroatoms. The molecule has 0 aromatic heterocycles. The van der Waals surface area contributed by atoms with Crippen molar-refractivity contribution in [1.82, 2.24) is 5.32 Å². The lowest BCUT2D eigenvalue weighted by Crippen LogP contribution is -2.41. The Morgan fingerprint density at radius 1 is 1.05 bits per heavy atom. The van der Waals surface area contributed by atoms with Gasteiger partial charge in [0.1, 0.15) is 0 Å². The van der Waals surface area contributed by atoms with E-state index in [1.54, 1.807) is 0 Å². The fourth-order valence-electron chi connectivity index (χ4n) is 2.46. The van der Waals surface area contributed by atoms with Crippen LogP contribution < -0.4 is 5.32 Å². The summed E-state index contributed by atoms with van der Waals surface area (Å²) in [6, 6.07) is 17.1. The summed E-state index contributed by atoms with van der Waals surface area (Å²) >= 11 is 0. The maximum Gasteiger partial charge on any atom is 0.0748 e. The molecule has 2 aromatic rings. The van der Waals surface area contributed by atoms with Crippen LogP contribution in [0.25, 0.3) is 0 Å². The Labute approximate surface area is 128 Å². The first kappa shape index (κ1) is 15.4. The average Bonchev–Trinajstić information content (AvgIpc) is 2.48. The van der Waals surface area contributed by atoms with Crippen molar-refractivity contribution in [2.75, 3.05) is 0 Å². The van der Waals surface area contributed by atoms with Gasteiger partial charge < -0.3 is 0 Å². The van der Waals surface area contributed by atoms with Crippen LogP contribution in [-0.4, -0.2) is 5.54 Å². The van der Waals surface area contributed by atoms with E-state index in [2.05, 4.69) is 67.5 Å². The van der Waals surface area contributed by atoms with Crippen LogP contribution in [0.3, 0.4) is 0 Å². The highest BCUT2D eigenvalue weighted by Crippen LogP contribution is 2.27. The van der Waals surface area contributed by atoms with Crippen molar-refractivity contribution in [3.05, 3.63) is 70.8 Å². The van der Waals surface area contributed by atoms with Crippen molar-refractivity contribution in [3.8, 4) is 12.3 Å². The second-order valence-corrected chi connectivity index (χ2v) is 6.12. The van der Waals surface area contributed by atoms with E-state index in [1.165, 1.54) is 22.3 Å². The van der Waals surface area contributed by atoms with Gasteiger partial charge in [0.05, 0.1) is 11.6 Å². The van der Waals surface area contributed by atoms with Gasteiger partial charge >= 0.3 is 0 Å². The third-order valence-corrected chi connectivity index (χ3v) is 3.74. The lowest BCUT2D eigenvalue weighted by atomic mass is 9.91. The summed E-state index contributed by atoms with van der Waals surface area (Å²) in [7, 11) is 0. The summed E-state index contributed by atoms with van der Waals surface area (Å²) < 4.78 is 0. The number of nitrogens with one attached hydrogen (secondary N) is 1. The molecule has 0 saturated carbocycles. The van der Waals surface area contributed by atoms with Gasteiger partial charge in [-0.3, -0.25) is 5.32 Å². The van der Waals surface area contributed by atoms with Crippen LogP contribution in [0.1, 0.15) is 42.1 Å². The second-order valence-electron chi connectivity index (χ2n) is 6.12. The Morgan fingerprint density at radius 2 is 1.71 bits per heavy atom. The molecular weight excluding hydrogens is 254 g/mol. The van der Waals surface area contributed by atoms with Gasteiger partial charge in [-0.05, 0) is 44.4 Å². The smallest absolute Gasteiger partial charge is 0.0748 e. The average molecular weight is 277 g/mol. The minimum absolute atomic E-state index is 0.0946. The monoisotopic (exact) mass is 277 g/mol. The van der Waals surface area contributed by atoms with Gasteiger partial charge in [0, 0.05) is 0 Å². The summed E-state index contributed by atoms with van der Waals surface area (Å²) in [5.41, 5.74) is 4.68. The molecule has 2 rings (SSSR count). The van der Waals surface area contributed by atoms with Crippen molar-refractivity contribution in [2.24, 2.45) is 0 Å². The van der Waals surface area contributed by atoms with E-state index in [4.69, 9.17) is 6.42 Å². The van der Waals surface area contributed by atoms with E-state index in [9.17, 15) is 0 Å². The number of benzene rings is 2. The summed E-state index contributed by atoms with van der Waals surface area (Å²) in [5.74, 6) is 2.83. The van der Waals surface area contributed by atoms with Crippen LogP contribution in [0.4, 0.5) is 0 Å². The molecule has 0 heterocycles. The maximum absolute atomic E-state index is 5.67. The summed E-state index contributed by atoms with van der Waals surface area (Å²) in [6.07, 6.45) is 5.67. The molecule has 0 aliphatic rings. The first-order valence-corrected chi connectivity index (χ1v) is 7.30. The van der Waals surface area contributed by atoms with Gasteiger partial charge in [0.25, 0.3) is 0 Å². The fourth-order valence-corrected chi connectivity index (χ4v) is 2.46. The quantitative estimate of drug-likeness (QED) is 0.817. The van der Waals surface area contributed by atoms with Crippen LogP contribution in [0, 0.1) is 26.2 Å². The molecule has 108 valence electrons. The molecule has 0 amide bonds. The van der Waals surface area contributed by atoms with Gasteiger partial charge in [0.15, 0.2) is 0 Å². The molecule has 1 unspecified atom stereocenters. The highest BCUT2D eigenvalue weighted by Gasteiger charge is 2.23. The molecular formula is C20H23N. The molecule has 0 aliphatic carbocycles. The third kappa shape index (κ3) is 3.74. The Kier molecular flexibility index (Phi) is 4.50. The molecule has 0 bridgehead atoms. The highest BCUT2D eigenvalue weighted by atomic mass is 15.0. The number of hydrogen-bond acceptors (Lipinski definition) is 1. The summed E-state index contributed by atoms with van der Waals surface area (Å²) in [5, 5.41) is 3.61. The van der Waals surface area contributed by atoms with Gasteiger partial charge in [-0.25, -0.2) is 0 Å². The number of rotatable bonds is 4. The molecule has 0 saturated heterocycles. The predicted molar refractivity (Wildman–Crippen MR) is 90.2 cm³/mol. The van der Waals surface area contributed by atoms with E-state index in [1.807, 2.05) is 19.9 Å². The minimum atomic E-state index is -0.364. The van der Waals surface area contributed by atoms with Crippen LogP contribution in [0.2, 0.25) is 0 Å². The van der Waals surface area contributed by atoms with E-state index < -0.39 is 0 Å². The van der Waals surface area contributed by atoms with Gasteiger partial charge in [-0.2, -0.15) is 0 Å². The summed E-state index contributed by atoms with van der Waals surface area (Å²) in [6.45, 7) is 8.34. The van der Waals surface area contributed by atoms with E-state index in [-0.39, 0.29) is 11.6 Å². The number of aryl methyl sites for hydroxylation is 2. The Hall–Kier alpha value is -2.04. The molecule has 1 atom stereocenters. The molecule has 0 aliphatic heterocycles. The first-order chi connectivity index (χ1) is 9.93. The standard InChI is InChI=1S/C20H23N/c1-6-20(4,5)21-19(17-10-8-7-9-11-17)18-14-15(2)12-13-16(18)3/h1,7-14,19,21H,2-5H3. The van der Waals surface area contributed by atoms with Crippen molar-refractivity contribution < 1.29 is 0 Å². The molecule has 0 radical (unpaired) electrons. The zero-order chi connectivity index (χ0) is 15.5. The third-order valence-electron chi connectivity index (χ3n) is 3.74. The topological polar surface area (TPSA) is 12.0 Å². The zero-order valence-corrected chi connectivity index (χ0v) is 13.3. The normalized spacial score (nSPS) is 12.7. The lowest BCUT2D eigenvalue weighted by Gasteiger charge is -2.29. The van der Waals surface area contributed by atoms with Crippen LogP contribution >= 0.6 is 0 Å². The molecule has 0 fully saturated rings. The van der Waals surface area contributed by atoms with Crippen molar-refractivity contribution in [1.29, 1.82) is 0 Å². The lowest BCUT2D eigenvalue weighted by molar-refractivity contribution is 0.447. The minimum Gasteiger partial charge on any atom is -0.291 e. The second kappa shape index (κ2) is 6.16. The molecule has 1 nitrogen and oxygen atoms in total. The maximum atomic E-state index is 5.67. The SMILES string of the molecule is C#CC(C)(C)NC(c1ccccc1)c1cc(C)ccc1C. The summed E-state index contributed by atoms with van der Waals surface area (Å²) in [4.78, 5) is 0. The van der Waals surface area contributed by atoms with Crippen molar-refractivity contribution in [2.45, 2.75) is 39.3 Å². The fraction of sp³-hybridized carbons (Fsp3) is 0.300. The predicted octanol–water partition coefficient (Wildman–Crippen LogP) is 4.39. The van der Waals surface area contributed by atoms with E-state index in [0.717, 1.165) is 0 Å². The van der Waals surface area contributed by atoms with Gasteiger partial charge in [-0.1, -0.05) is 60.0 Å². The molecule has 1 N–H and O–H groups in total. The molecule has 21 heavy (non-hydrogen) atoms. The van der Waals surface area contributed by atoms with Gasteiger partial charge in [-0.15, -0.1) is 6.42 Å². The first-order valence-electron chi connectivity index (χ1n) is 7.30. The number of terminal acetylenes is 1.